The smallest absolute Gasteiger partial charge is 0.245 e. The number of hydrogen-bond donors (Lipinski definition) is 1. The van der Waals surface area contributed by atoms with Crippen LogP contribution in [0.25, 0.3) is 0 Å². The standard InChI is InChI=1S/C22H28N2O3/c1-14-18-8-5-9-19(21(14)18)24-10-11-27-13-20(24)22(25)23-15(2)16-6-4-7-17(12-16)26-3/h4-9,12,14-15,18,20-21H,10-11,13H2,1-3H3,(H,23,25)/t14?,15-,18?,20?,21?/m1/s1. The molecule has 4 unspecified atom stereocenters. The Balaban J connectivity index is 1.47. The van der Waals surface area contributed by atoms with Crippen molar-refractivity contribution in [3.63, 3.8) is 0 Å². The maximum absolute atomic E-state index is 13.1. The molecule has 0 bridgehead atoms. The van der Waals surface area contributed by atoms with Crippen LogP contribution >= 0.6 is 0 Å². The maximum Gasteiger partial charge on any atom is 0.245 e. The van der Waals surface area contributed by atoms with Crippen LogP contribution < -0.4 is 10.1 Å². The molecule has 1 saturated carbocycles. The van der Waals surface area contributed by atoms with Gasteiger partial charge >= 0.3 is 0 Å². The molecule has 2 fully saturated rings. The number of fused-ring (bicyclic) bond motifs is 1. The SMILES string of the molecule is COc1cccc([C@@H](C)NC(=O)C2COCCN2C2=CC=CC3C(C)C23)c1. The van der Waals surface area contributed by atoms with E-state index in [2.05, 4.69) is 35.4 Å². The average molecular weight is 368 g/mol. The van der Waals surface area contributed by atoms with E-state index in [1.165, 1.54) is 5.70 Å². The predicted molar refractivity (Wildman–Crippen MR) is 104 cm³/mol. The second kappa shape index (κ2) is 7.39. The van der Waals surface area contributed by atoms with Crippen LogP contribution in [0.3, 0.4) is 0 Å². The van der Waals surface area contributed by atoms with Crippen molar-refractivity contribution in [3.8, 4) is 5.75 Å². The summed E-state index contributed by atoms with van der Waals surface area (Å²) in [4.78, 5) is 15.3. The van der Waals surface area contributed by atoms with Gasteiger partial charge in [-0.15, -0.1) is 0 Å². The highest BCUT2D eigenvalue weighted by atomic mass is 16.5. The first-order valence-electron chi connectivity index (χ1n) is 9.77. The van der Waals surface area contributed by atoms with Crippen molar-refractivity contribution in [1.82, 2.24) is 10.2 Å². The molecule has 4 rings (SSSR count). The van der Waals surface area contributed by atoms with Crippen LogP contribution in [-0.2, 0) is 9.53 Å². The van der Waals surface area contributed by atoms with E-state index >= 15 is 0 Å². The van der Waals surface area contributed by atoms with Gasteiger partial charge in [0.25, 0.3) is 0 Å². The number of carbonyl (C=O) groups is 1. The number of morpholine rings is 1. The highest BCUT2D eigenvalue weighted by molar-refractivity contribution is 5.82. The molecular weight excluding hydrogens is 340 g/mol. The van der Waals surface area contributed by atoms with Gasteiger partial charge < -0.3 is 19.7 Å². The molecule has 0 aromatic heterocycles. The monoisotopic (exact) mass is 368 g/mol. The molecule has 3 aliphatic rings. The second-order valence-corrected chi connectivity index (χ2v) is 7.73. The molecular formula is C22H28N2O3. The highest BCUT2D eigenvalue weighted by Gasteiger charge is 2.51. The van der Waals surface area contributed by atoms with Crippen molar-refractivity contribution in [2.24, 2.45) is 17.8 Å². The average Bonchev–Trinajstić information content (AvgIpc) is 3.38. The maximum atomic E-state index is 13.1. The van der Waals surface area contributed by atoms with Gasteiger partial charge in [0, 0.05) is 18.2 Å². The number of methoxy groups -OCH3 is 1. The molecule has 1 amide bonds. The first kappa shape index (κ1) is 18.1. The lowest BCUT2D eigenvalue weighted by Gasteiger charge is -2.39. The first-order chi connectivity index (χ1) is 13.1. The van der Waals surface area contributed by atoms with Crippen LogP contribution in [0.4, 0.5) is 0 Å². The quantitative estimate of drug-likeness (QED) is 0.868. The Kier molecular flexibility index (Phi) is 4.96. The Morgan fingerprint density at radius 3 is 3.07 bits per heavy atom. The van der Waals surface area contributed by atoms with Gasteiger partial charge in [-0.05, 0) is 42.5 Å². The lowest BCUT2D eigenvalue weighted by atomic mass is 10.0. The number of allylic oxidation sites excluding steroid dienone is 4. The van der Waals surface area contributed by atoms with Crippen molar-refractivity contribution in [1.29, 1.82) is 0 Å². The summed E-state index contributed by atoms with van der Waals surface area (Å²) in [6, 6.07) is 7.45. The fraction of sp³-hybridized carbons (Fsp3) is 0.500. The number of hydrogen-bond acceptors (Lipinski definition) is 4. The Bertz CT molecular complexity index is 773. The number of nitrogens with zero attached hydrogens (tertiary/aromatic N) is 1. The number of amides is 1. The largest absolute Gasteiger partial charge is 0.497 e. The third-order valence-electron chi connectivity index (χ3n) is 6.10. The summed E-state index contributed by atoms with van der Waals surface area (Å²) in [5, 5.41) is 3.16. The number of rotatable bonds is 5. The molecule has 144 valence electrons. The van der Waals surface area contributed by atoms with Gasteiger partial charge in [-0.2, -0.15) is 0 Å². The van der Waals surface area contributed by atoms with Crippen molar-refractivity contribution in [2.45, 2.75) is 25.9 Å². The third-order valence-corrected chi connectivity index (χ3v) is 6.10. The van der Waals surface area contributed by atoms with E-state index in [4.69, 9.17) is 9.47 Å². The topological polar surface area (TPSA) is 50.8 Å². The zero-order valence-corrected chi connectivity index (χ0v) is 16.2. The van der Waals surface area contributed by atoms with Gasteiger partial charge in [0.05, 0.1) is 26.4 Å². The summed E-state index contributed by atoms with van der Waals surface area (Å²) in [5.74, 6) is 2.66. The van der Waals surface area contributed by atoms with Gasteiger partial charge in [0.15, 0.2) is 0 Å². The second-order valence-electron chi connectivity index (χ2n) is 7.73. The van der Waals surface area contributed by atoms with Crippen molar-refractivity contribution in [3.05, 3.63) is 53.8 Å². The lowest BCUT2D eigenvalue weighted by Crippen LogP contribution is -2.54. The third kappa shape index (κ3) is 3.48. The van der Waals surface area contributed by atoms with Gasteiger partial charge in [-0.25, -0.2) is 0 Å². The Morgan fingerprint density at radius 1 is 1.41 bits per heavy atom. The molecule has 0 spiro atoms. The van der Waals surface area contributed by atoms with Gasteiger partial charge in [0.1, 0.15) is 11.8 Å². The minimum absolute atomic E-state index is 0.0188. The Hall–Kier alpha value is -2.27. The summed E-state index contributed by atoms with van der Waals surface area (Å²) in [5.41, 5.74) is 2.33. The molecule has 1 saturated heterocycles. The van der Waals surface area contributed by atoms with Crippen LogP contribution in [-0.4, -0.2) is 43.7 Å². The first-order valence-corrected chi connectivity index (χ1v) is 9.77. The van der Waals surface area contributed by atoms with Gasteiger partial charge in [-0.1, -0.05) is 31.2 Å². The van der Waals surface area contributed by atoms with Crippen molar-refractivity contribution in [2.75, 3.05) is 26.9 Å². The molecule has 2 aliphatic carbocycles. The van der Waals surface area contributed by atoms with Crippen molar-refractivity contribution < 1.29 is 14.3 Å². The summed E-state index contributed by atoms with van der Waals surface area (Å²) in [6.07, 6.45) is 6.62. The summed E-state index contributed by atoms with van der Waals surface area (Å²) < 4.78 is 11.0. The van der Waals surface area contributed by atoms with Gasteiger partial charge in [0.2, 0.25) is 5.91 Å². The van der Waals surface area contributed by atoms with Crippen LogP contribution in [0.1, 0.15) is 25.5 Å². The van der Waals surface area contributed by atoms with E-state index in [9.17, 15) is 4.79 Å². The van der Waals surface area contributed by atoms with Crippen LogP contribution in [0.5, 0.6) is 5.75 Å². The Labute approximate surface area is 161 Å². The molecule has 5 nitrogen and oxygen atoms in total. The predicted octanol–water partition coefficient (Wildman–Crippen LogP) is 2.91. The molecule has 0 radical (unpaired) electrons. The number of nitrogens with one attached hydrogen (secondary N) is 1. The van der Waals surface area contributed by atoms with E-state index in [1.54, 1.807) is 7.11 Å². The summed E-state index contributed by atoms with van der Waals surface area (Å²) >= 11 is 0. The van der Waals surface area contributed by atoms with Crippen LogP contribution in [0.2, 0.25) is 0 Å². The highest BCUT2D eigenvalue weighted by Crippen LogP contribution is 2.54. The zero-order chi connectivity index (χ0) is 19.0. The number of benzene rings is 1. The molecule has 1 aromatic rings. The van der Waals surface area contributed by atoms with E-state index in [1.807, 2.05) is 31.2 Å². The minimum Gasteiger partial charge on any atom is -0.497 e. The van der Waals surface area contributed by atoms with Gasteiger partial charge in [-0.3, -0.25) is 4.79 Å². The molecule has 1 aromatic carbocycles. The Morgan fingerprint density at radius 2 is 2.26 bits per heavy atom. The fourth-order valence-electron chi connectivity index (χ4n) is 4.37. The molecule has 1 heterocycles. The fourth-order valence-corrected chi connectivity index (χ4v) is 4.37. The molecule has 5 atom stereocenters. The van der Waals surface area contributed by atoms with Crippen LogP contribution in [0, 0.1) is 17.8 Å². The number of carbonyl (C=O) groups excluding carboxylic acids is 1. The normalized spacial score (nSPS) is 30.2. The molecule has 1 N–H and O–H groups in total. The molecule has 5 heteroatoms. The van der Waals surface area contributed by atoms with Crippen molar-refractivity contribution >= 4 is 5.91 Å². The molecule has 27 heavy (non-hydrogen) atoms. The lowest BCUT2D eigenvalue weighted by molar-refractivity contribution is -0.131. The molecule has 1 aliphatic heterocycles. The van der Waals surface area contributed by atoms with E-state index in [-0.39, 0.29) is 18.0 Å². The van der Waals surface area contributed by atoms with E-state index in [0.29, 0.717) is 31.0 Å². The minimum atomic E-state index is -0.280. The summed E-state index contributed by atoms with van der Waals surface area (Å²) in [7, 11) is 1.65. The number of ether oxygens (including phenoxy) is 2. The summed E-state index contributed by atoms with van der Waals surface area (Å²) in [6.45, 7) is 6.16. The van der Waals surface area contributed by atoms with Crippen LogP contribution in [0.15, 0.2) is 48.2 Å². The zero-order valence-electron chi connectivity index (χ0n) is 16.2. The van der Waals surface area contributed by atoms with E-state index in [0.717, 1.165) is 17.9 Å². The van der Waals surface area contributed by atoms with E-state index < -0.39 is 0 Å².